The number of fused-ring (bicyclic) bond motifs is 2. The van der Waals surface area contributed by atoms with E-state index in [-0.39, 0.29) is 17.8 Å². The minimum Gasteiger partial charge on any atom is -0.339 e. The lowest BCUT2D eigenvalue weighted by molar-refractivity contribution is -0.120. The molecule has 0 spiro atoms. The Kier molecular flexibility index (Phi) is 6.68. The number of carbonyl (C=O) groups is 1. The summed E-state index contributed by atoms with van der Waals surface area (Å²) in [5.74, 6) is -0.204. The number of aromatic amines is 2. The predicted octanol–water partition coefficient (Wildman–Crippen LogP) is 2.44. The van der Waals surface area contributed by atoms with Crippen LogP contribution in [-0.2, 0) is 11.2 Å². The van der Waals surface area contributed by atoms with Gasteiger partial charge >= 0.3 is 5.69 Å². The van der Waals surface area contributed by atoms with Crippen LogP contribution in [-0.4, -0.2) is 59.1 Å². The molecule has 2 aliphatic rings. The van der Waals surface area contributed by atoms with Crippen LogP contribution in [0.2, 0.25) is 0 Å². The van der Waals surface area contributed by atoms with Gasteiger partial charge in [0.05, 0.1) is 5.92 Å². The van der Waals surface area contributed by atoms with Crippen LogP contribution in [0.25, 0.3) is 18.0 Å². The summed E-state index contributed by atoms with van der Waals surface area (Å²) in [5, 5.41) is 15.8. The van der Waals surface area contributed by atoms with Gasteiger partial charge in [-0.05, 0) is 46.4 Å². The second-order valence-electron chi connectivity index (χ2n) is 11.0. The van der Waals surface area contributed by atoms with E-state index in [1.807, 2.05) is 17.9 Å². The molecule has 2 aromatic carbocycles. The van der Waals surface area contributed by atoms with E-state index < -0.39 is 17.2 Å². The van der Waals surface area contributed by atoms with Crippen molar-refractivity contribution in [3.63, 3.8) is 0 Å². The number of anilines is 2. The number of nitrogens with zero attached hydrogens (tertiary/aromatic N) is 7. The number of carbonyl (C=O) groups excluding carboxylic acids is 1. The Morgan fingerprint density at radius 1 is 1.02 bits per heavy atom. The molecule has 0 radical (unpaired) electrons. The first-order valence-electron chi connectivity index (χ1n) is 14.3. The molecule has 1 fully saturated rings. The fraction of sp³-hybridized carbons (Fsp3) is 0.226. The Hall–Kier alpha value is -5.72. The minimum absolute atomic E-state index is 0.107. The van der Waals surface area contributed by atoms with Gasteiger partial charge in [-0.2, -0.15) is 10.2 Å². The van der Waals surface area contributed by atoms with Gasteiger partial charge in [-0.15, -0.1) is 5.10 Å². The van der Waals surface area contributed by atoms with Crippen molar-refractivity contribution in [2.75, 3.05) is 23.3 Å². The first-order valence-corrected chi connectivity index (χ1v) is 14.3. The predicted molar refractivity (Wildman–Crippen MR) is 164 cm³/mol. The zero-order chi connectivity index (χ0) is 30.4. The van der Waals surface area contributed by atoms with Crippen LogP contribution in [0, 0.1) is 12.8 Å². The molecule has 44 heavy (non-hydrogen) atoms. The summed E-state index contributed by atoms with van der Waals surface area (Å²) in [7, 11) is 0. The highest BCUT2D eigenvalue weighted by molar-refractivity contribution is 5.92. The highest BCUT2D eigenvalue weighted by Crippen LogP contribution is 2.38. The molecule has 5 aromatic rings. The van der Waals surface area contributed by atoms with E-state index in [1.165, 1.54) is 10.1 Å². The number of hydrogen-bond donors (Lipinski definition) is 3. The van der Waals surface area contributed by atoms with E-state index in [4.69, 9.17) is 0 Å². The number of H-pyrrole nitrogens is 2. The van der Waals surface area contributed by atoms with E-state index in [9.17, 15) is 14.4 Å². The second-order valence-corrected chi connectivity index (χ2v) is 11.0. The maximum Gasteiger partial charge on any atom is 0.334 e. The molecule has 7 rings (SSSR count). The summed E-state index contributed by atoms with van der Waals surface area (Å²) in [6.45, 7) is 4.90. The molecule has 13 heteroatoms. The summed E-state index contributed by atoms with van der Waals surface area (Å²) >= 11 is 0. The molecule has 1 atom stereocenters. The van der Waals surface area contributed by atoms with Gasteiger partial charge in [-0.25, -0.2) is 9.78 Å². The topological polar surface area (TPSA) is 167 Å². The van der Waals surface area contributed by atoms with E-state index in [0.717, 1.165) is 34.2 Å². The maximum atomic E-state index is 13.5. The molecule has 4 heterocycles. The molecule has 0 saturated carbocycles. The summed E-state index contributed by atoms with van der Waals surface area (Å²) in [6, 6.07) is 14.1. The lowest BCUT2D eigenvalue weighted by Crippen LogP contribution is -2.53. The molecule has 1 aliphatic heterocycles. The summed E-state index contributed by atoms with van der Waals surface area (Å²) in [4.78, 5) is 52.5. The summed E-state index contributed by atoms with van der Waals surface area (Å²) in [6.07, 6.45) is 8.21. The number of aromatic nitrogens is 8. The van der Waals surface area contributed by atoms with E-state index in [0.29, 0.717) is 30.4 Å². The molecular formula is C31H28N10O3. The monoisotopic (exact) mass is 588 g/mol. The van der Waals surface area contributed by atoms with Crippen molar-refractivity contribution < 1.29 is 4.79 Å². The fourth-order valence-electron chi connectivity index (χ4n) is 5.76. The van der Waals surface area contributed by atoms with Gasteiger partial charge in [0, 0.05) is 43.0 Å². The van der Waals surface area contributed by atoms with Crippen LogP contribution in [0.15, 0.2) is 64.4 Å². The SMILES string of the molecule is CCc1ccc2c(c1)C=Cc1cc(C)ccc1C2c1cn(-c2ccnc(N3CC(C(=O)Nc4nn[nH]n4)C3)n2)c(=O)[nH]c1=O. The normalized spacial score (nSPS) is 15.7. The molecule has 0 bridgehead atoms. The third kappa shape index (κ3) is 4.87. The third-order valence-corrected chi connectivity index (χ3v) is 8.14. The molecule has 1 unspecified atom stereocenters. The van der Waals surface area contributed by atoms with E-state index in [2.05, 4.69) is 90.3 Å². The van der Waals surface area contributed by atoms with Crippen molar-refractivity contribution in [3.05, 3.63) is 115 Å². The van der Waals surface area contributed by atoms with Crippen LogP contribution in [0.5, 0.6) is 0 Å². The van der Waals surface area contributed by atoms with Crippen molar-refractivity contribution in [3.8, 4) is 5.82 Å². The van der Waals surface area contributed by atoms with E-state index in [1.54, 1.807) is 18.5 Å². The molecule has 220 valence electrons. The lowest BCUT2D eigenvalue weighted by atomic mass is 9.82. The Bertz CT molecular complexity index is 2040. The number of aryl methyl sites for hydroxylation is 2. The number of nitrogens with one attached hydrogen (secondary N) is 3. The Labute approximate surface area is 250 Å². The third-order valence-electron chi connectivity index (χ3n) is 8.14. The highest BCUT2D eigenvalue weighted by atomic mass is 16.2. The van der Waals surface area contributed by atoms with E-state index >= 15 is 0 Å². The van der Waals surface area contributed by atoms with Crippen molar-refractivity contribution in [1.29, 1.82) is 0 Å². The summed E-state index contributed by atoms with van der Waals surface area (Å²) < 4.78 is 1.34. The zero-order valence-electron chi connectivity index (χ0n) is 24.0. The molecule has 3 aromatic heterocycles. The van der Waals surface area contributed by atoms with Gasteiger partial charge < -0.3 is 4.90 Å². The first kappa shape index (κ1) is 27.1. The molecule has 1 saturated heterocycles. The van der Waals surface area contributed by atoms with Crippen molar-refractivity contribution >= 4 is 30.0 Å². The van der Waals surface area contributed by atoms with Crippen LogP contribution < -0.4 is 21.5 Å². The van der Waals surface area contributed by atoms with Crippen molar-refractivity contribution in [2.45, 2.75) is 26.2 Å². The number of benzene rings is 2. The standard InChI is InChI=1S/C31H28N10O3/c1-3-18-5-9-23-20(13-18)7-6-19-12-17(2)4-8-22(19)26(23)24-16-41(31(44)35-28(24)43)25-10-11-32-30(33-25)40-14-21(15-40)27(42)34-29-36-38-39-37-29/h4-13,16,21,26H,3,14-15H2,1-2H3,(H,35,43,44)(H2,34,36,37,38,39,42). The number of hydrogen-bond acceptors (Lipinski definition) is 9. The van der Waals surface area contributed by atoms with Gasteiger partial charge in [0.2, 0.25) is 11.9 Å². The van der Waals surface area contributed by atoms with Crippen molar-refractivity contribution in [1.82, 2.24) is 40.1 Å². The quantitative estimate of drug-likeness (QED) is 0.265. The average molecular weight is 589 g/mol. The van der Waals surface area contributed by atoms with Gasteiger partial charge in [0.15, 0.2) is 0 Å². The number of rotatable bonds is 6. The maximum absolute atomic E-state index is 13.5. The minimum atomic E-state index is -0.609. The molecule has 3 N–H and O–H groups in total. The van der Waals surface area contributed by atoms with Gasteiger partial charge in [-0.1, -0.05) is 66.1 Å². The van der Waals surface area contributed by atoms with Crippen LogP contribution in [0.1, 0.15) is 51.8 Å². The zero-order valence-corrected chi connectivity index (χ0v) is 24.0. The fourth-order valence-corrected chi connectivity index (χ4v) is 5.76. The van der Waals surface area contributed by atoms with Crippen LogP contribution in [0.3, 0.4) is 0 Å². The number of amides is 1. The molecule has 13 nitrogen and oxygen atoms in total. The molecule has 1 amide bonds. The Morgan fingerprint density at radius 3 is 2.55 bits per heavy atom. The average Bonchev–Trinajstić information content (AvgIpc) is 3.45. The second kappa shape index (κ2) is 10.8. The summed E-state index contributed by atoms with van der Waals surface area (Å²) in [5.41, 5.74) is 5.66. The Balaban J connectivity index is 1.24. The van der Waals surface area contributed by atoms with Gasteiger partial charge in [-0.3, -0.25) is 24.5 Å². The highest BCUT2D eigenvalue weighted by Gasteiger charge is 2.35. The van der Waals surface area contributed by atoms with Crippen molar-refractivity contribution in [2.24, 2.45) is 5.92 Å². The van der Waals surface area contributed by atoms with Crippen LogP contribution in [0.4, 0.5) is 11.9 Å². The molecule has 1 aliphatic carbocycles. The molecular weight excluding hydrogens is 560 g/mol. The first-order chi connectivity index (χ1) is 21.4. The Morgan fingerprint density at radius 2 is 1.80 bits per heavy atom. The number of tetrazole rings is 1. The smallest absolute Gasteiger partial charge is 0.334 e. The lowest BCUT2D eigenvalue weighted by Gasteiger charge is -2.37. The van der Waals surface area contributed by atoms with Crippen LogP contribution >= 0.6 is 0 Å². The van der Waals surface area contributed by atoms with Gasteiger partial charge in [0.1, 0.15) is 5.82 Å². The van der Waals surface area contributed by atoms with Gasteiger partial charge in [0.25, 0.3) is 11.5 Å². The largest absolute Gasteiger partial charge is 0.339 e.